The van der Waals surface area contributed by atoms with Crippen LogP contribution in [0.25, 0.3) is 31.2 Å². The number of nitrogens with one attached hydrogen (secondary N) is 1. The highest BCUT2D eigenvalue weighted by molar-refractivity contribution is 7.22. The van der Waals surface area contributed by atoms with E-state index < -0.39 is 0 Å². The minimum absolute atomic E-state index is 0.164. The number of anilines is 2. The van der Waals surface area contributed by atoms with Crippen LogP contribution in [0.5, 0.6) is 5.75 Å². The summed E-state index contributed by atoms with van der Waals surface area (Å²) in [5.74, 6) is 0.580. The Labute approximate surface area is 239 Å². The zero-order chi connectivity index (χ0) is 27.8. The van der Waals surface area contributed by atoms with Crippen molar-refractivity contribution in [3.63, 3.8) is 0 Å². The number of rotatable bonds is 5. The highest BCUT2D eigenvalue weighted by atomic mass is 32.1. The third-order valence-corrected chi connectivity index (χ3v) is 8.90. The summed E-state index contributed by atoms with van der Waals surface area (Å²) < 4.78 is 6.33. The largest absolute Gasteiger partial charge is 0.497 e. The van der Waals surface area contributed by atoms with Crippen LogP contribution in [-0.4, -0.2) is 54.6 Å². The second-order valence-corrected chi connectivity index (χ2v) is 11.7. The number of urea groups is 1. The molecule has 40 heavy (non-hydrogen) atoms. The first kappa shape index (κ1) is 26.0. The molecule has 0 radical (unpaired) electrons. The molecule has 8 nitrogen and oxygen atoms in total. The Morgan fingerprint density at radius 2 is 1.75 bits per heavy atom. The van der Waals surface area contributed by atoms with Crippen molar-refractivity contribution in [3.8, 4) is 26.8 Å². The molecule has 0 bridgehead atoms. The smallest absolute Gasteiger partial charge is 0.328 e. The summed E-state index contributed by atoms with van der Waals surface area (Å²) in [5, 5.41) is 4.29. The summed E-state index contributed by atoms with van der Waals surface area (Å²) in [6.45, 7) is 0.604. The van der Waals surface area contributed by atoms with Crippen LogP contribution in [0.4, 0.5) is 15.6 Å². The molecule has 6 rings (SSSR count). The van der Waals surface area contributed by atoms with Gasteiger partial charge in [-0.2, -0.15) is 0 Å². The predicted octanol–water partition coefficient (Wildman–Crippen LogP) is 6.78. The normalized spacial score (nSPS) is 12.7. The van der Waals surface area contributed by atoms with Crippen LogP contribution in [-0.2, 0) is 6.42 Å². The molecular formula is C30H27N5O3S2. The van der Waals surface area contributed by atoms with Gasteiger partial charge in [-0.15, -0.1) is 11.3 Å². The molecule has 0 atom stereocenters. The monoisotopic (exact) mass is 569 g/mol. The van der Waals surface area contributed by atoms with Gasteiger partial charge in [0, 0.05) is 31.9 Å². The van der Waals surface area contributed by atoms with E-state index in [-0.39, 0.29) is 11.9 Å². The average Bonchev–Trinajstić information content (AvgIpc) is 3.60. The quantitative estimate of drug-likeness (QED) is 0.252. The number of methoxy groups -OCH3 is 1. The first-order valence-corrected chi connectivity index (χ1v) is 14.5. The zero-order valence-corrected chi connectivity index (χ0v) is 23.9. The van der Waals surface area contributed by atoms with Crippen LogP contribution in [0.3, 0.4) is 0 Å². The summed E-state index contributed by atoms with van der Waals surface area (Å²) >= 11 is 2.92. The molecule has 3 aromatic carbocycles. The zero-order valence-electron chi connectivity index (χ0n) is 22.3. The van der Waals surface area contributed by atoms with Crippen LogP contribution in [0.15, 0.2) is 66.7 Å². The number of carbonyl (C=O) groups is 2. The van der Waals surface area contributed by atoms with Crippen molar-refractivity contribution in [2.45, 2.75) is 12.8 Å². The molecule has 0 fully saturated rings. The Kier molecular flexibility index (Phi) is 6.95. The van der Waals surface area contributed by atoms with Gasteiger partial charge in [0.2, 0.25) is 0 Å². The lowest BCUT2D eigenvalue weighted by Crippen LogP contribution is -2.38. The number of carbonyl (C=O) groups excluding carboxylic acids is 2. The van der Waals surface area contributed by atoms with E-state index in [1.54, 1.807) is 26.1 Å². The molecule has 0 saturated carbocycles. The summed E-state index contributed by atoms with van der Waals surface area (Å²) in [4.78, 5) is 40.0. The van der Waals surface area contributed by atoms with Crippen LogP contribution < -0.4 is 15.0 Å². The van der Waals surface area contributed by atoms with Crippen molar-refractivity contribution in [1.82, 2.24) is 14.9 Å². The number of hydrogen-bond donors (Lipinski definition) is 1. The molecule has 2 aromatic heterocycles. The van der Waals surface area contributed by atoms with E-state index in [9.17, 15) is 9.59 Å². The number of aryl methyl sites for hydroxylation is 1. The second-order valence-electron chi connectivity index (χ2n) is 9.64. The fourth-order valence-corrected chi connectivity index (χ4v) is 6.66. The third kappa shape index (κ3) is 4.91. The molecule has 1 aliphatic rings. The Morgan fingerprint density at radius 3 is 2.50 bits per heavy atom. The Morgan fingerprint density at radius 1 is 0.975 bits per heavy atom. The Balaban J connectivity index is 1.34. The van der Waals surface area contributed by atoms with Gasteiger partial charge >= 0.3 is 6.03 Å². The minimum atomic E-state index is -0.210. The molecule has 0 aliphatic carbocycles. The first-order valence-electron chi connectivity index (χ1n) is 12.9. The lowest BCUT2D eigenvalue weighted by Gasteiger charge is -2.29. The summed E-state index contributed by atoms with van der Waals surface area (Å²) in [5.41, 5.74) is 4.97. The number of para-hydroxylation sites is 1. The number of amides is 3. The van der Waals surface area contributed by atoms with E-state index in [2.05, 4.69) is 16.4 Å². The first-order chi connectivity index (χ1) is 19.4. The van der Waals surface area contributed by atoms with Crippen molar-refractivity contribution >= 4 is 55.6 Å². The van der Waals surface area contributed by atoms with E-state index in [0.29, 0.717) is 17.4 Å². The van der Waals surface area contributed by atoms with E-state index in [0.717, 1.165) is 61.1 Å². The second kappa shape index (κ2) is 10.7. The van der Waals surface area contributed by atoms with Gasteiger partial charge in [0.25, 0.3) is 5.91 Å². The van der Waals surface area contributed by atoms with Crippen LogP contribution in [0.2, 0.25) is 0 Å². The molecule has 202 valence electrons. The maximum Gasteiger partial charge on any atom is 0.328 e. The van der Waals surface area contributed by atoms with Gasteiger partial charge < -0.3 is 9.64 Å². The number of thiazole rings is 2. The number of benzene rings is 3. The molecule has 0 spiro atoms. The predicted molar refractivity (Wildman–Crippen MR) is 162 cm³/mol. The lowest BCUT2D eigenvalue weighted by molar-refractivity contribution is 0.0823. The van der Waals surface area contributed by atoms with Crippen LogP contribution in [0, 0.1) is 0 Å². The maximum absolute atomic E-state index is 13.4. The molecule has 10 heteroatoms. The number of fused-ring (bicyclic) bond motifs is 2. The topological polar surface area (TPSA) is 87.7 Å². The van der Waals surface area contributed by atoms with E-state index in [1.807, 2.05) is 60.7 Å². The van der Waals surface area contributed by atoms with Crippen molar-refractivity contribution < 1.29 is 14.3 Å². The van der Waals surface area contributed by atoms with Crippen molar-refractivity contribution in [2.75, 3.05) is 38.0 Å². The fourth-order valence-electron chi connectivity index (χ4n) is 4.74. The van der Waals surface area contributed by atoms with Gasteiger partial charge in [-0.25, -0.2) is 14.8 Å². The molecular weight excluding hydrogens is 542 g/mol. The van der Waals surface area contributed by atoms with E-state index in [4.69, 9.17) is 9.72 Å². The van der Waals surface area contributed by atoms with Crippen LogP contribution in [0.1, 0.15) is 22.5 Å². The summed E-state index contributed by atoms with van der Waals surface area (Å²) in [6, 6.07) is 21.3. The van der Waals surface area contributed by atoms with Crippen LogP contribution >= 0.6 is 22.7 Å². The highest BCUT2D eigenvalue weighted by Crippen LogP contribution is 2.39. The van der Waals surface area contributed by atoms with Gasteiger partial charge in [-0.1, -0.05) is 35.6 Å². The fraction of sp³-hybridized carbons (Fsp3) is 0.200. The lowest BCUT2D eigenvalue weighted by atomic mass is 10.00. The Hall–Kier alpha value is -4.28. The average molecular weight is 570 g/mol. The minimum Gasteiger partial charge on any atom is -0.497 e. The number of aromatic nitrogens is 2. The van der Waals surface area contributed by atoms with Gasteiger partial charge in [0.15, 0.2) is 5.13 Å². The van der Waals surface area contributed by atoms with Crippen molar-refractivity contribution in [2.24, 2.45) is 0 Å². The summed E-state index contributed by atoms with van der Waals surface area (Å²) in [7, 11) is 5.07. The molecule has 3 amide bonds. The van der Waals surface area contributed by atoms with Gasteiger partial charge in [-0.05, 0) is 66.4 Å². The van der Waals surface area contributed by atoms with Crippen molar-refractivity contribution in [1.29, 1.82) is 0 Å². The molecule has 0 unspecified atom stereocenters. The number of ether oxygens (including phenoxy) is 1. The SMILES string of the molecule is COc1ccc(-c2sc(-c3ccc4c(c3)N(C(=O)Nc3nc5ccccc5s3)CCC4)nc2C(=O)N(C)C)cc1. The standard InChI is InChI=1S/C30H27N5O3S2/c1-34(2)28(36)25-26(19-12-14-21(38-3)15-13-19)40-27(32-25)20-11-10-18-7-6-16-35(23(18)17-20)30(37)33-29-31-22-8-4-5-9-24(22)39-29/h4-5,8-15,17H,6-7,16H2,1-3H3,(H,31,33,37). The molecule has 3 heterocycles. The third-order valence-electron chi connectivity index (χ3n) is 6.79. The van der Waals surface area contributed by atoms with Crippen molar-refractivity contribution in [3.05, 3.63) is 78.0 Å². The van der Waals surface area contributed by atoms with E-state index >= 15 is 0 Å². The van der Waals surface area contributed by atoms with E-state index in [1.165, 1.54) is 27.6 Å². The molecule has 1 N–H and O–H groups in total. The van der Waals surface area contributed by atoms with Gasteiger partial charge in [0.05, 0.1) is 22.2 Å². The van der Waals surface area contributed by atoms with Gasteiger partial charge in [-0.3, -0.25) is 15.0 Å². The molecule has 1 aliphatic heterocycles. The Bertz CT molecular complexity index is 1690. The van der Waals surface area contributed by atoms with Gasteiger partial charge in [0.1, 0.15) is 16.5 Å². The number of hydrogen-bond acceptors (Lipinski definition) is 7. The maximum atomic E-state index is 13.4. The highest BCUT2D eigenvalue weighted by Gasteiger charge is 2.26. The molecule has 0 saturated heterocycles. The molecule has 5 aromatic rings. The summed E-state index contributed by atoms with van der Waals surface area (Å²) in [6.07, 6.45) is 1.76. The number of nitrogens with zero attached hydrogens (tertiary/aromatic N) is 4.